The first-order valence-electron chi connectivity index (χ1n) is 8.03. The van der Waals surface area contributed by atoms with Crippen molar-refractivity contribution in [2.24, 2.45) is 18.0 Å². The molecule has 1 saturated heterocycles. The zero-order valence-electron chi connectivity index (χ0n) is 13.8. The van der Waals surface area contributed by atoms with Gasteiger partial charge in [0.1, 0.15) is 0 Å². The molecule has 1 amide bonds. The third-order valence-corrected chi connectivity index (χ3v) is 7.48. The second kappa shape index (κ2) is 6.78. The Morgan fingerprint density at radius 3 is 2.58 bits per heavy atom. The third-order valence-electron chi connectivity index (χ3n) is 4.48. The number of aryl methyl sites for hydroxylation is 1. The maximum atomic E-state index is 12.5. The topological polar surface area (TPSA) is 71.7 Å². The maximum absolute atomic E-state index is 12.5. The van der Waals surface area contributed by atoms with Crippen LogP contribution in [0, 0.1) is 5.92 Å². The number of amides is 1. The Hall–Kier alpha value is -1.51. The molecule has 1 fully saturated rings. The number of hydrogen-bond donors (Lipinski definition) is 0. The van der Waals surface area contributed by atoms with Gasteiger partial charge in [0.2, 0.25) is 10.0 Å². The Labute approximate surface area is 145 Å². The van der Waals surface area contributed by atoms with E-state index in [1.807, 2.05) is 35.9 Å². The summed E-state index contributed by atoms with van der Waals surface area (Å²) in [5.41, 5.74) is 1.05. The number of carbonyl (C=O) groups is 1. The number of benzene rings is 1. The molecule has 0 bridgehead atoms. The van der Waals surface area contributed by atoms with E-state index < -0.39 is 10.0 Å². The molecule has 0 N–H and O–H groups in total. The molecule has 8 heteroatoms. The third kappa shape index (κ3) is 3.31. The molecule has 24 heavy (non-hydrogen) atoms. The van der Waals surface area contributed by atoms with E-state index in [0.717, 1.165) is 10.2 Å². The average molecular weight is 367 g/mol. The number of carbonyl (C=O) groups excluding carboxylic acids is 1. The van der Waals surface area contributed by atoms with Crippen LogP contribution in [-0.4, -0.2) is 42.0 Å². The van der Waals surface area contributed by atoms with Gasteiger partial charge in [0.25, 0.3) is 5.91 Å². The highest BCUT2D eigenvalue weighted by molar-refractivity contribution is 7.89. The molecule has 1 aromatic heterocycles. The average Bonchev–Trinajstić information content (AvgIpc) is 2.91. The number of para-hydroxylation sites is 1. The van der Waals surface area contributed by atoms with Crippen molar-refractivity contribution in [1.29, 1.82) is 0 Å². The van der Waals surface area contributed by atoms with Crippen LogP contribution in [0.5, 0.6) is 0 Å². The lowest BCUT2D eigenvalue weighted by atomic mass is 9.98. The summed E-state index contributed by atoms with van der Waals surface area (Å²) in [4.78, 5) is 17.5. The first kappa shape index (κ1) is 17.3. The number of sulfonamides is 1. The summed E-state index contributed by atoms with van der Waals surface area (Å²) in [5.74, 6) is -0.239. The van der Waals surface area contributed by atoms with Gasteiger partial charge in [0.05, 0.1) is 16.0 Å². The van der Waals surface area contributed by atoms with Crippen LogP contribution in [0.1, 0.15) is 19.8 Å². The second-order valence-corrected chi connectivity index (χ2v) is 9.20. The number of rotatable bonds is 3. The van der Waals surface area contributed by atoms with Gasteiger partial charge in [-0.1, -0.05) is 23.5 Å². The predicted molar refractivity (Wildman–Crippen MR) is 95.1 cm³/mol. The van der Waals surface area contributed by atoms with E-state index in [1.54, 1.807) is 6.92 Å². The van der Waals surface area contributed by atoms with Gasteiger partial charge in [-0.25, -0.2) is 12.7 Å². The van der Waals surface area contributed by atoms with Gasteiger partial charge >= 0.3 is 0 Å². The molecule has 0 saturated carbocycles. The molecule has 1 aromatic carbocycles. The molecule has 0 unspecified atom stereocenters. The van der Waals surface area contributed by atoms with E-state index in [9.17, 15) is 13.2 Å². The highest BCUT2D eigenvalue weighted by Crippen LogP contribution is 2.21. The molecule has 2 heterocycles. The van der Waals surface area contributed by atoms with Gasteiger partial charge in [-0.3, -0.25) is 4.79 Å². The summed E-state index contributed by atoms with van der Waals surface area (Å²) in [6, 6.07) is 7.94. The predicted octanol–water partition coefficient (Wildman–Crippen LogP) is 1.73. The Bertz CT molecular complexity index is 919. The summed E-state index contributed by atoms with van der Waals surface area (Å²) in [6.45, 7) is 2.45. The van der Waals surface area contributed by atoms with Crippen molar-refractivity contribution in [3.05, 3.63) is 29.1 Å². The van der Waals surface area contributed by atoms with Crippen LogP contribution in [0.25, 0.3) is 10.2 Å². The van der Waals surface area contributed by atoms with Crippen LogP contribution in [0.3, 0.4) is 0 Å². The Balaban J connectivity index is 1.77. The van der Waals surface area contributed by atoms with Crippen LogP contribution in [-0.2, 0) is 21.9 Å². The standard InChI is InChI=1S/C16H21N3O3S2/c1-3-24(21,22)19-10-8-12(9-11-19)15(20)17-16-18(2)13-6-4-5-7-14(13)23-16/h4-7,12H,3,8-11H2,1-2H3. The molecular weight excluding hydrogens is 346 g/mol. The lowest BCUT2D eigenvalue weighted by molar-refractivity contribution is -0.122. The zero-order chi connectivity index (χ0) is 17.3. The summed E-state index contributed by atoms with van der Waals surface area (Å²) in [7, 11) is -1.26. The molecule has 3 rings (SSSR count). The maximum Gasteiger partial charge on any atom is 0.251 e. The molecule has 6 nitrogen and oxygen atoms in total. The van der Waals surface area contributed by atoms with Gasteiger partial charge in [-0.05, 0) is 31.9 Å². The Morgan fingerprint density at radius 2 is 1.96 bits per heavy atom. The first-order chi connectivity index (χ1) is 11.4. The van der Waals surface area contributed by atoms with Gasteiger partial charge < -0.3 is 4.57 Å². The lowest BCUT2D eigenvalue weighted by Crippen LogP contribution is -2.40. The molecule has 0 atom stereocenters. The Morgan fingerprint density at radius 1 is 1.29 bits per heavy atom. The highest BCUT2D eigenvalue weighted by atomic mass is 32.2. The monoisotopic (exact) mass is 367 g/mol. The van der Waals surface area contributed by atoms with Crippen molar-refractivity contribution in [1.82, 2.24) is 8.87 Å². The first-order valence-corrected chi connectivity index (χ1v) is 10.5. The van der Waals surface area contributed by atoms with Crippen molar-refractivity contribution in [3.8, 4) is 0 Å². The number of thiazole rings is 1. The number of fused-ring (bicyclic) bond motifs is 1. The number of piperidine rings is 1. The fraction of sp³-hybridized carbons (Fsp3) is 0.500. The summed E-state index contributed by atoms with van der Waals surface area (Å²) >= 11 is 1.49. The fourth-order valence-corrected chi connectivity index (χ4v) is 5.09. The van der Waals surface area contributed by atoms with Crippen molar-refractivity contribution < 1.29 is 13.2 Å². The van der Waals surface area contributed by atoms with Gasteiger partial charge in [-0.15, -0.1) is 0 Å². The molecule has 0 radical (unpaired) electrons. The zero-order valence-corrected chi connectivity index (χ0v) is 15.4. The number of aromatic nitrogens is 1. The summed E-state index contributed by atoms with van der Waals surface area (Å²) in [6.07, 6.45) is 1.08. The van der Waals surface area contributed by atoms with Gasteiger partial charge in [-0.2, -0.15) is 4.99 Å². The molecule has 1 aliphatic heterocycles. The smallest absolute Gasteiger partial charge is 0.251 e. The largest absolute Gasteiger partial charge is 0.319 e. The molecule has 130 valence electrons. The molecule has 0 aliphatic carbocycles. The minimum absolute atomic E-state index is 0.105. The van der Waals surface area contributed by atoms with E-state index in [1.165, 1.54) is 15.6 Å². The van der Waals surface area contributed by atoms with E-state index in [4.69, 9.17) is 0 Å². The number of hydrogen-bond acceptors (Lipinski definition) is 4. The molecule has 1 aliphatic rings. The van der Waals surface area contributed by atoms with Crippen molar-refractivity contribution >= 4 is 37.5 Å². The summed E-state index contributed by atoms with van der Waals surface area (Å²) in [5, 5.41) is 0. The van der Waals surface area contributed by atoms with Crippen molar-refractivity contribution in [2.75, 3.05) is 18.8 Å². The number of nitrogens with zero attached hydrogens (tertiary/aromatic N) is 3. The lowest BCUT2D eigenvalue weighted by Gasteiger charge is -2.29. The minimum atomic E-state index is -3.16. The normalized spacial score (nSPS) is 18.3. The van der Waals surface area contributed by atoms with Gasteiger partial charge in [0.15, 0.2) is 4.80 Å². The van der Waals surface area contributed by atoms with Crippen LogP contribution < -0.4 is 4.80 Å². The van der Waals surface area contributed by atoms with Gasteiger partial charge in [0, 0.05) is 26.1 Å². The van der Waals surface area contributed by atoms with Crippen molar-refractivity contribution in [2.45, 2.75) is 19.8 Å². The minimum Gasteiger partial charge on any atom is -0.319 e. The quantitative estimate of drug-likeness (QED) is 0.829. The van der Waals surface area contributed by atoms with E-state index >= 15 is 0 Å². The molecular formula is C16H21N3O3S2. The van der Waals surface area contributed by atoms with Crippen LogP contribution in [0.15, 0.2) is 29.3 Å². The van der Waals surface area contributed by atoms with E-state index in [0.29, 0.717) is 30.7 Å². The van der Waals surface area contributed by atoms with E-state index in [-0.39, 0.29) is 17.6 Å². The fourth-order valence-electron chi connectivity index (χ4n) is 2.94. The molecule has 2 aromatic rings. The highest BCUT2D eigenvalue weighted by Gasteiger charge is 2.30. The van der Waals surface area contributed by atoms with E-state index in [2.05, 4.69) is 4.99 Å². The SMILES string of the molecule is CCS(=O)(=O)N1CCC(C(=O)N=c2sc3ccccc3n2C)CC1. The Kier molecular flexibility index (Phi) is 4.89. The summed E-state index contributed by atoms with van der Waals surface area (Å²) < 4.78 is 28.3. The van der Waals surface area contributed by atoms with Crippen LogP contribution >= 0.6 is 11.3 Å². The molecule has 0 spiro atoms. The second-order valence-electron chi connectivity index (χ2n) is 5.94. The van der Waals surface area contributed by atoms with Crippen LogP contribution in [0.2, 0.25) is 0 Å². The van der Waals surface area contributed by atoms with Crippen molar-refractivity contribution in [3.63, 3.8) is 0 Å². The van der Waals surface area contributed by atoms with Crippen LogP contribution in [0.4, 0.5) is 0 Å².